The van der Waals surface area contributed by atoms with Crippen LogP contribution in [0.2, 0.25) is 0 Å². The van der Waals surface area contributed by atoms with Crippen molar-refractivity contribution in [1.82, 2.24) is 6.15 Å². The number of aliphatic carboxylic acids is 1. The van der Waals surface area contributed by atoms with Crippen molar-refractivity contribution in [2.75, 3.05) is 6.61 Å². The van der Waals surface area contributed by atoms with Crippen molar-refractivity contribution in [2.45, 2.75) is 38.7 Å². The predicted molar refractivity (Wildman–Crippen MR) is 74.1 cm³/mol. The summed E-state index contributed by atoms with van der Waals surface area (Å²) in [4.78, 5) is 10.6. The van der Waals surface area contributed by atoms with Crippen molar-refractivity contribution in [1.29, 1.82) is 0 Å². The molecule has 20 heavy (non-hydrogen) atoms. The van der Waals surface area contributed by atoms with E-state index in [9.17, 15) is 9.90 Å². The van der Waals surface area contributed by atoms with Crippen molar-refractivity contribution in [2.24, 2.45) is 0 Å². The van der Waals surface area contributed by atoms with E-state index in [1.54, 1.807) is 30.3 Å². The second kappa shape index (κ2) is 12.3. The quantitative estimate of drug-likeness (QED) is 0.438. The van der Waals surface area contributed by atoms with Crippen molar-refractivity contribution < 1.29 is 44.2 Å². The minimum absolute atomic E-state index is 0. The fourth-order valence-corrected chi connectivity index (χ4v) is 2.13. The molecule has 0 aliphatic carbocycles. The molecule has 0 aromatic heterocycles. The van der Waals surface area contributed by atoms with Gasteiger partial charge >= 0.3 is 68.0 Å². The molecule has 0 aliphatic heterocycles. The first-order valence-electron chi connectivity index (χ1n) is 6.35. The maximum Gasteiger partial charge on any atom is -0.344 e. The molecule has 6 heteroatoms. The van der Waals surface area contributed by atoms with Gasteiger partial charge in [-0.2, -0.15) is 0 Å². The van der Waals surface area contributed by atoms with Gasteiger partial charge in [-0.25, -0.2) is 4.79 Å². The first kappa shape index (κ1) is 21.8. The molecule has 0 spiro atoms. The smallest absolute Gasteiger partial charge is 0.344 e. The van der Waals surface area contributed by atoms with Gasteiger partial charge in [0.15, 0.2) is 5.60 Å². The maximum absolute atomic E-state index is 10.6. The minimum atomic E-state index is -1.79. The van der Waals surface area contributed by atoms with Crippen LogP contribution in [0.1, 0.15) is 38.7 Å². The molecule has 1 unspecified atom stereocenters. The topological polar surface area (TPSA) is 102 Å². The normalized spacial score (nSPS) is 12.4. The maximum atomic E-state index is 10.6. The van der Waals surface area contributed by atoms with Gasteiger partial charge in [0.2, 0.25) is 0 Å². The molecule has 111 valence electrons. The zero-order chi connectivity index (χ0) is 14.7. The van der Waals surface area contributed by atoms with Crippen LogP contribution in [0.25, 0.3) is 0 Å². The fourth-order valence-electron chi connectivity index (χ4n) is 1.34. The van der Waals surface area contributed by atoms with Gasteiger partial charge in [0.25, 0.3) is 0 Å². The van der Waals surface area contributed by atoms with E-state index in [4.69, 9.17) is 7.75 Å². The van der Waals surface area contributed by atoms with Gasteiger partial charge in [-0.1, -0.05) is 30.3 Å². The van der Waals surface area contributed by atoms with E-state index < -0.39 is 11.6 Å². The Bertz CT molecular complexity index is 353. The zero-order valence-corrected chi connectivity index (χ0v) is 17.8. The second-order valence-electron chi connectivity index (χ2n) is 4.36. The molecule has 0 fully saturated rings. The van der Waals surface area contributed by atoms with Gasteiger partial charge in [-0.15, -0.1) is 0 Å². The number of hydrogen-bond acceptors (Lipinski definition) is 4. The average Bonchev–Trinajstić information content (AvgIpc) is 2.41. The molecule has 5 N–H and O–H groups in total. The van der Waals surface area contributed by atoms with Crippen LogP contribution in [-0.4, -0.2) is 22.8 Å². The van der Waals surface area contributed by atoms with Gasteiger partial charge in [-0.3, -0.25) is 0 Å². The van der Waals surface area contributed by atoms with Crippen molar-refractivity contribution >= 4 is 5.97 Å². The van der Waals surface area contributed by atoms with Crippen molar-refractivity contribution in [3.05, 3.63) is 35.9 Å². The summed E-state index contributed by atoms with van der Waals surface area (Å²) >= 11 is 0.570. The van der Waals surface area contributed by atoms with Crippen LogP contribution in [-0.2, 0) is 39.6 Å². The van der Waals surface area contributed by atoms with Gasteiger partial charge < -0.3 is 16.4 Å². The largest absolute Gasteiger partial charge is 0.344 e. The van der Waals surface area contributed by atoms with Crippen LogP contribution in [0.5, 0.6) is 0 Å². The Hall–Kier alpha value is -0.495. The molecular formula is C14H24HgNO4. The van der Waals surface area contributed by atoms with Gasteiger partial charge in [0.05, 0.1) is 0 Å². The Morgan fingerprint density at radius 3 is 2.25 bits per heavy atom. The summed E-state index contributed by atoms with van der Waals surface area (Å²) in [5.74, 6) is -1.24. The first-order chi connectivity index (χ1) is 8.96. The van der Waals surface area contributed by atoms with E-state index in [1.165, 1.54) is 26.2 Å². The third-order valence-electron chi connectivity index (χ3n) is 2.64. The number of carboxylic acid groups (broad SMARTS) is 1. The standard InChI is InChI=1S/C9H10O3.C5H11O.Hg.H3N/c1-9(12,8(10)11)7-5-3-2-4-6-7;1-2-3-4-5-6;;/h2-6,12H,1H3,(H,10,11);2-5H2,1H3;;1H3/q;-1;+1;. The first-order valence-corrected chi connectivity index (χ1v) is 8.59. The number of carboxylic acids is 1. The second-order valence-corrected chi connectivity index (χ2v) is 5.95. The van der Waals surface area contributed by atoms with Crippen LogP contribution in [0.15, 0.2) is 30.3 Å². The van der Waals surface area contributed by atoms with Crippen molar-refractivity contribution in [3.8, 4) is 0 Å². The molecular weight excluding hydrogens is 447 g/mol. The summed E-state index contributed by atoms with van der Waals surface area (Å²) in [6, 6.07) is 8.29. The minimum Gasteiger partial charge on any atom is -0.344 e. The van der Waals surface area contributed by atoms with Crippen LogP contribution in [0.4, 0.5) is 0 Å². The zero-order valence-electron chi connectivity index (χ0n) is 12.3. The van der Waals surface area contributed by atoms with Gasteiger partial charge in [0, 0.05) is 0 Å². The monoisotopic (exact) mass is 472 g/mol. The molecule has 0 radical (unpaired) electrons. The predicted octanol–water partition coefficient (Wildman–Crippen LogP) is 2.80. The summed E-state index contributed by atoms with van der Waals surface area (Å²) in [6.07, 6.45) is 3.90. The SMILES string of the molecule is CC(O)(C(=O)O)c1ccccc1.CCCCC[O][Hg].N. The molecule has 1 aromatic rings. The van der Waals surface area contributed by atoms with E-state index >= 15 is 0 Å². The van der Waals surface area contributed by atoms with Crippen molar-refractivity contribution in [3.63, 3.8) is 0 Å². The number of aliphatic hydroxyl groups is 1. The number of benzene rings is 1. The van der Waals surface area contributed by atoms with Crippen LogP contribution >= 0.6 is 0 Å². The summed E-state index contributed by atoms with van der Waals surface area (Å²) < 4.78 is 5.04. The number of carbonyl (C=O) groups is 1. The molecule has 0 aliphatic rings. The Balaban J connectivity index is 0. The molecule has 0 saturated carbocycles. The molecule has 5 nitrogen and oxygen atoms in total. The number of rotatable bonds is 6. The molecule has 1 aromatic carbocycles. The van der Waals surface area contributed by atoms with Crippen LogP contribution in [0.3, 0.4) is 0 Å². The van der Waals surface area contributed by atoms with Crippen LogP contribution in [0, 0.1) is 0 Å². The summed E-state index contributed by atoms with van der Waals surface area (Å²) in [5, 5.41) is 18.1. The Kier molecular flexibility index (Phi) is 13.4. The molecule has 0 amide bonds. The van der Waals surface area contributed by atoms with Crippen LogP contribution < -0.4 is 6.15 Å². The summed E-state index contributed by atoms with van der Waals surface area (Å²) in [5.41, 5.74) is -1.40. The Labute approximate surface area is 137 Å². The third-order valence-corrected chi connectivity index (χ3v) is 3.77. The van der Waals surface area contributed by atoms with E-state index in [-0.39, 0.29) is 6.15 Å². The molecule has 0 saturated heterocycles. The molecule has 0 heterocycles. The third kappa shape index (κ3) is 8.63. The summed E-state index contributed by atoms with van der Waals surface area (Å²) in [7, 11) is 0. The van der Waals surface area contributed by atoms with E-state index in [0.717, 1.165) is 6.61 Å². The molecule has 1 rings (SSSR count). The van der Waals surface area contributed by atoms with Gasteiger partial charge in [-0.05, 0) is 12.5 Å². The molecule has 1 atom stereocenters. The molecule has 0 bridgehead atoms. The number of unbranched alkanes of at least 4 members (excludes halogenated alkanes) is 2. The van der Waals surface area contributed by atoms with E-state index in [1.807, 2.05) is 0 Å². The fraction of sp³-hybridized carbons (Fsp3) is 0.500. The van der Waals surface area contributed by atoms with E-state index in [0.29, 0.717) is 32.1 Å². The van der Waals surface area contributed by atoms with E-state index in [2.05, 4.69) is 6.92 Å². The summed E-state index contributed by atoms with van der Waals surface area (Å²) in [6.45, 7) is 4.47. The Morgan fingerprint density at radius 2 is 1.85 bits per heavy atom. The Morgan fingerprint density at radius 1 is 1.30 bits per heavy atom. The average molecular weight is 471 g/mol. The van der Waals surface area contributed by atoms with Gasteiger partial charge in [0.1, 0.15) is 0 Å². The number of hydrogen-bond donors (Lipinski definition) is 3.